The van der Waals surface area contributed by atoms with E-state index in [1.807, 2.05) is 24.4 Å². The average Bonchev–Trinajstić information content (AvgIpc) is 3.07. The zero-order chi connectivity index (χ0) is 15.1. The lowest BCUT2D eigenvalue weighted by atomic mass is 9.81. The van der Waals surface area contributed by atoms with Gasteiger partial charge in [0.15, 0.2) is 0 Å². The number of aromatic amines is 1. The second kappa shape index (κ2) is 5.27. The Morgan fingerprint density at radius 1 is 1.05 bits per heavy atom. The quantitative estimate of drug-likeness (QED) is 0.885. The number of likely N-dealkylation sites (tertiary alicyclic amines) is 1. The van der Waals surface area contributed by atoms with Crippen molar-refractivity contribution < 1.29 is 9.59 Å². The van der Waals surface area contributed by atoms with Crippen LogP contribution in [0.4, 0.5) is 0 Å². The Bertz CT molecular complexity index is 710. The van der Waals surface area contributed by atoms with Crippen molar-refractivity contribution in [2.75, 3.05) is 6.54 Å². The Balaban J connectivity index is 1.52. The van der Waals surface area contributed by atoms with Crippen LogP contribution >= 0.6 is 0 Å². The van der Waals surface area contributed by atoms with Gasteiger partial charge >= 0.3 is 0 Å². The molecule has 1 saturated carbocycles. The number of amides is 2. The summed E-state index contributed by atoms with van der Waals surface area (Å²) >= 11 is 0. The number of carbonyl (C=O) groups is 2. The van der Waals surface area contributed by atoms with Gasteiger partial charge in [-0.3, -0.25) is 14.5 Å². The molecule has 1 aromatic carbocycles. The number of aromatic nitrogens is 1. The third-order valence-corrected chi connectivity index (χ3v) is 5.21. The fourth-order valence-electron chi connectivity index (χ4n) is 4.02. The van der Waals surface area contributed by atoms with E-state index < -0.39 is 0 Å². The van der Waals surface area contributed by atoms with Gasteiger partial charge in [0.1, 0.15) is 0 Å². The van der Waals surface area contributed by atoms with E-state index in [4.69, 9.17) is 0 Å². The highest BCUT2D eigenvalue weighted by molar-refractivity contribution is 6.05. The molecule has 1 aliphatic heterocycles. The number of imide groups is 1. The molecule has 2 fully saturated rings. The van der Waals surface area contributed by atoms with Crippen molar-refractivity contribution >= 4 is 22.7 Å². The molecule has 0 unspecified atom stereocenters. The lowest BCUT2D eigenvalue weighted by molar-refractivity contribution is -0.139. The third kappa shape index (κ3) is 2.05. The molecule has 1 N–H and O–H groups in total. The van der Waals surface area contributed by atoms with E-state index in [1.54, 1.807) is 0 Å². The second-order valence-electron chi connectivity index (χ2n) is 6.44. The van der Waals surface area contributed by atoms with Crippen molar-refractivity contribution in [3.8, 4) is 0 Å². The van der Waals surface area contributed by atoms with Gasteiger partial charge in [-0.05, 0) is 30.9 Å². The third-order valence-electron chi connectivity index (χ3n) is 5.21. The van der Waals surface area contributed by atoms with E-state index >= 15 is 0 Å². The summed E-state index contributed by atoms with van der Waals surface area (Å²) in [5.74, 6) is 0.0533. The minimum absolute atomic E-state index is 0.0378. The number of H-pyrrole nitrogens is 1. The van der Waals surface area contributed by atoms with Crippen molar-refractivity contribution in [2.45, 2.75) is 32.1 Å². The van der Waals surface area contributed by atoms with Crippen molar-refractivity contribution in [2.24, 2.45) is 11.8 Å². The van der Waals surface area contributed by atoms with Gasteiger partial charge in [-0.25, -0.2) is 0 Å². The predicted octanol–water partition coefficient (Wildman–Crippen LogP) is 2.89. The molecule has 0 radical (unpaired) electrons. The van der Waals surface area contributed by atoms with Gasteiger partial charge in [0, 0.05) is 23.6 Å². The van der Waals surface area contributed by atoms with Crippen LogP contribution in [0.1, 0.15) is 31.2 Å². The number of hydrogen-bond acceptors (Lipinski definition) is 2. The molecular formula is C18H20N2O2. The standard InChI is InChI=1S/C18H20N2O2/c21-17-14-6-1-2-7-15(14)18(22)20(17)10-9-12-11-19-16-8-4-3-5-13(12)16/h3-5,8,11,14-15,19H,1-2,6-7,9-10H2/t14-,15+. The number of nitrogens with one attached hydrogen (secondary N) is 1. The van der Waals surface area contributed by atoms with Crippen LogP contribution in [0.2, 0.25) is 0 Å². The van der Waals surface area contributed by atoms with E-state index in [9.17, 15) is 9.59 Å². The van der Waals surface area contributed by atoms with Gasteiger partial charge < -0.3 is 4.98 Å². The molecule has 2 heterocycles. The van der Waals surface area contributed by atoms with Gasteiger partial charge in [0.25, 0.3) is 0 Å². The Hall–Kier alpha value is -2.10. The van der Waals surface area contributed by atoms with Gasteiger partial charge in [-0.15, -0.1) is 0 Å². The maximum Gasteiger partial charge on any atom is 0.233 e. The number of benzene rings is 1. The van der Waals surface area contributed by atoms with Crippen LogP contribution < -0.4 is 0 Å². The van der Waals surface area contributed by atoms with Crippen molar-refractivity contribution in [1.29, 1.82) is 0 Å². The fourth-order valence-corrected chi connectivity index (χ4v) is 4.02. The van der Waals surface area contributed by atoms with E-state index in [1.165, 1.54) is 15.8 Å². The molecule has 114 valence electrons. The lowest BCUT2D eigenvalue weighted by Crippen LogP contribution is -2.33. The lowest BCUT2D eigenvalue weighted by Gasteiger charge is -2.19. The largest absolute Gasteiger partial charge is 0.361 e. The molecule has 1 aromatic heterocycles. The summed E-state index contributed by atoms with van der Waals surface area (Å²) in [6.45, 7) is 0.506. The maximum atomic E-state index is 12.5. The number of rotatable bonds is 3. The molecule has 4 rings (SSSR count). The minimum atomic E-state index is -0.0378. The number of carbonyl (C=O) groups excluding carboxylic acids is 2. The maximum absolute atomic E-state index is 12.5. The molecule has 22 heavy (non-hydrogen) atoms. The van der Waals surface area contributed by atoms with Crippen LogP contribution in [0.5, 0.6) is 0 Å². The highest BCUT2D eigenvalue weighted by Gasteiger charge is 2.47. The van der Waals surface area contributed by atoms with Gasteiger partial charge in [-0.1, -0.05) is 31.0 Å². The van der Waals surface area contributed by atoms with Crippen LogP contribution in [0.3, 0.4) is 0 Å². The zero-order valence-electron chi connectivity index (χ0n) is 12.5. The highest BCUT2D eigenvalue weighted by Crippen LogP contribution is 2.38. The van der Waals surface area contributed by atoms with Crippen LogP contribution in [0, 0.1) is 11.8 Å². The monoisotopic (exact) mass is 296 g/mol. The summed E-state index contributed by atoms with van der Waals surface area (Å²) in [4.78, 5) is 29.7. The first kappa shape index (κ1) is 13.6. The summed E-state index contributed by atoms with van der Waals surface area (Å²) < 4.78 is 0. The molecule has 0 bridgehead atoms. The van der Waals surface area contributed by atoms with Crippen LogP contribution in [0.15, 0.2) is 30.5 Å². The predicted molar refractivity (Wildman–Crippen MR) is 84.2 cm³/mol. The molecule has 2 atom stereocenters. The number of hydrogen-bond donors (Lipinski definition) is 1. The average molecular weight is 296 g/mol. The summed E-state index contributed by atoms with van der Waals surface area (Å²) in [6, 6.07) is 8.13. The van der Waals surface area contributed by atoms with Crippen LogP contribution in [0.25, 0.3) is 10.9 Å². The van der Waals surface area contributed by atoms with E-state index in [-0.39, 0.29) is 23.7 Å². The molecule has 4 heteroatoms. The van der Waals surface area contributed by atoms with E-state index in [2.05, 4.69) is 11.1 Å². The summed E-state index contributed by atoms with van der Waals surface area (Å²) in [7, 11) is 0. The molecule has 2 amide bonds. The second-order valence-corrected chi connectivity index (χ2v) is 6.44. The first-order chi connectivity index (χ1) is 10.8. The van der Waals surface area contributed by atoms with Crippen molar-refractivity contribution in [3.63, 3.8) is 0 Å². The highest BCUT2D eigenvalue weighted by atomic mass is 16.2. The summed E-state index contributed by atoms with van der Waals surface area (Å²) in [6.07, 6.45) is 6.65. The molecule has 0 spiro atoms. The fraction of sp³-hybridized carbons (Fsp3) is 0.444. The molecule has 2 aromatic rings. The molecule has 4 nitrogen and oxygen atoms in total. The smallest absolute Gasteiger partial charge is 0.233 e. The Labute approximate surface area is 129 Å². The van der Waals surface area contributed by atoms with Crippen LogP contribution in [-0.4, -0.2) is 28.2 Å². The molecule has 1 aliphatic carbocycles. The summed E-state index contributed by atoms with van der Waals surface area (Å²) in [5, 5.41) is 1.18. The first-order valence-electron chi connectivity index (χ1n) is 8.16. The Kier molecular flexibility index (Phi) is 3.25. The Morgan fingerprint density at radius 2 is 1.73 bits per heavy atom. The number of fused-ring (bicyclic) bond motifs is 2. The van der Waals surface area contributed by atoms with Crippen molar-refractivity contribution in [3.05, 3.63) is 36.0 Å². The summed E-state index contributed by atoms with van der Waals surface area (Å²) in [5.41, 5.74) is 2.27. The number of nitrogens with zero attached hydrogens (tertiary/aromatic N) is 1. The van der Waals surface area contributed by atoms with Gasteiger partial charge in [0.2, 0.25) is 11.8 Å². The molecular weight excluding hydrogens is 276 g/mol. The van der Waals surface area contributed by atoms with Crippen LogP contribution in [-0.2, 0) is 16.0 Å². The Morgan fingerprint density at radius 3 is 2.45 bits per heavy atom. The van der Waals surface area contributed by atoms with E-state index in [0.29, 0.717) is 6.54 Å². The van der Waals surface area contributed by atoms with Gasteiger partial charge in [-0.2, -0.15) is 0 Å². The molecule has 1 saturated heterocycles. The van der Waals surface area contributed by atoms with E-state index in [0.717, 1.165) is 37.6 Å². The minimum Gasteiger partial charge on any atom is -0.361 e. The van der Waals surface area contributed by atoms with Gasteiger partial charge in [0.05, 0.1) is 11.8 Å². The SMILES string of the molecule is O=C1[C@H]2CCCC[C@H]2C(=O)N1CCc1c[nH]c2ccccc12. The molecule has 2 aliphatic rings. The first-order valence-corrected chi connectivity index (χ1v) is 8.16. The zero-order valence-corrected chi connectivity index (χ0v) is 12.5. The number of para-hydroxylation sites is 1. The normalized spacial score (nSPS) is 25.0. The topological polar surface area (TPSA) is 53.2 Å². The van der Waals surface area contributed by atoms with Crippen molar-refractivity contribution in [1.82, 2.24) is 9.88 Å².